The molecule has 3 nitrogen and oxygen atoms in total. The third kappa shape index (κ3) is 3.41. The molecule has 0 aliphatic heterocycles. The minimum Gasteiger partial charge on any atom is -0.361 e. The van der Waals surface area contributed by atoms with Crippen LogP contribution in [0, 0.1) is 5.41 Å². The smallest absolute Gasteiger partial charge is 0.220 e. The van der Waals surface area contributed by atoms with Gasteiger partial charge in [-0.15, -0.1) is 0 Å². The molecule has 0 aliphatic carbocycles. The summed E-state index contributed by atoms with van der Waals surface area (Å²) in [6, 6.07) is 8.37. The second kappa shape index (κ2) is 5.70. The number of para-hydroxylation sites is 1. The number of amides is 1. The van der Waals surface area contributed by atoms with Crippen LogP contribution in [0.15, 0.2) is 30.5 Å². The van der Waals surface area contributed by atoms with E-state index < -0.39 is 0 Å². The molecule has 2 N–H and O–H groups in total. The van der Waals surface area contributed by atoms with Gasteiger partial charge in [-0.3, -0.25) is 4.79 Å². The number of aryl methyl sites for hydroxylation is 1. The molecule has 0 bridgehead atoms. The van der Waals surface area contributed by atoms with Crippen molar-refractivity contribution in [2.75, 3.05) is 0 Å². The predicted octanol–water partition coefficient (Wildman–Crippen LogP) is 3.65. The van der Waals surface area contributed by atoms with Crippen molar-refractivity contribution in [1.82, 2.24) is 10.3 Å². The molecule has 0 fully saturated rings. The Balaban J connectivity index is 1.94. The zero-order valence-electron chi connectivity index (χ0n) is 12.8. The molecule has 0 radical (unpaired) electrons. The molecule has 0 saturated carbocycles. The Kier molecular flexibility index (Phi) is 4.17. The summed E-state index contributed by atoms with van der Waals surface area (Å²) in [6.07, 6.45) is 3.31. The van der Waals surface area contributed by atoms with Crippen molar-refractivity contribution in [3.05, 3.63) is 36.0 Å². The van der Waals surface area contributed by atoms with E-state index in [4.69, 9.17) is 0 Å². The molecular weight excluding hydrogens is 248 g/mol. The van der Waals surface area contributed by atoms with Gasteiger partial charge in [0, 0.05) is 29.6 Å². The van der Waals surface area contributed by atoms with Crippen molar-refractivity contribution >= 4 is 16.8 Å². The third-order valence-corrected chi connectivity index (χ3v) is 3.97. The molecule has 0 spiro atoms. The lowest BCUT2D eigenvalue weighted by Crippen LogP contribution is -2.41. The summed E-state index contributed by atoms with van der Waals surface area (Å²) in [6.45, 7) is 8.47. The van der Waals surface area contributed by atoms with Gasteiger partial charge in [-0.1, -0.05) is 39.0 Å². The SMILES string of the molecule is CC(NC(=O)CCc1c[nH]c2ccccc12)C(C)(C)C. The highest BCUT2D eigenvalue weighted by Crippen LogP contribution is 2.20. The maximum Gasteiger partial charge on any atom is 0.220 e. The van der Waals surface area contributed by atoms with Crippen LogP contribution < -0.4 is 5.32 Å². The van der Waals surface area contributed by atoms with Crippen LogP contribution in [0.5, 0.6) is 0 Å². The lowest BCUT2D eigenvalue weighted by molar-refractivity contribution is -0.122. The Morgan fingerprint density at radius 2 is 2.00 bits per heavy atom. The standard InChI is InChI=1S/C17H24N2O/c1-12(17(2,3)4)19-16(20)10-9-13-11-18-15-8-6-5-7-14(13)15/h5-8,11-12,18H,9-10H2,1-4H3,(H,19,20). The van der Waals surface area contributed by atoms with Gasteiger partial charge in [-0.25, -0.2) is 0 Å². The normalized spacial score (nSPS) is 13.4. The van der Waals surface area contributed by atoms with Crippen LogP contribution in [0.1, 0.15) is 39.7 Å². The quantitative estimate of drug-likeness (QED) is 0.876. The molecule has 20 heavy (non-hydrogen) atoms. The number of rotatable bonds is 4. The molecule has 1 unspecified atom stereocenters. The Hall–Kier alpha value is -1.77. The van der Waals surface area contributed by atoms with Gasteiger partial charge in [0.1, 0.15) is 0 Å². The van der Waals surface area contributed by atoms with E-state index in [1.165, 1.54) is 10.9 Å². The van der Waals surface area contributed by atoms with Crippen LogP contribution in [0.3, 0.4) is 0 Å². The highest BCUT2D eigenvalue weighted by Gasteiger charge is 2.21. The molecule has 1 atom stereocenters. The maximum atomic E-state index is 12.0. The number of nitrogens with one attached hydrogen (secondary N) is 2. The van der Waals surface area contributed by atoms with Gasteiger partial charge in [-0.2, -0.15) is 0 Å². The average Bonchev–Trinajstić information content (AvgIpc) is 2.78. The zero-order valence-corrected chi connectivity index (χ0v) is 12.8. The number of carbonyl (C=O) groups is 1. The Bertz CT molecular complexity index is 592. The first-order chi connectivity index (χ1) is 9.38. The molecule has 0 aliphatic rings. The summed E-state index contributed by atoms with van der Waals surface area (Å²) in [5, 5.41) is 4.29. The van der Waals surface area contributed by atoms with Crippen molar-refractivity contribution in [2.24, 2.45) is 5.41 Å². The average molecular weight is 272 g/mol. The summed E-state index contributed by atoms with van der Waals surface area (Å²) in [7, 11) is 0. The minimum atomic E-state index is 0.0937. The molecule has 2 rings (SSSR count). The van der Waals surface area contributed by atoms with Gasteiger partial charge in [0.2, 0.25) is 5.91 Å². The Labute approximate surface area is 120 Å². The predicted molar refractivity (Wildman–Crippen MR) is 83.7 cm³/mol. The van der Waals surface area contributed by atoms with Gasteiger partial charge in [0.15, 0.2) is 0 Å². The van der Waals surface area contributed by atoms with Crippen molar-refractivity contribution < 1.29 is 4.79 Å². The second-order valence-electron chi connectivity index (χ2n) is 6.51. The van der Waals surface area contributed by atoms with Crippen molar-refractivity contribution in [2.45, 2.75) is 46.6 Å². The number of aromatic amines is 1. The molecular formula is C17H24N2O. The molecule has 0 saturated heterocycles. The van der Waals surface area contributed by atoms with Gasteiger partial charge in [0.25, 0.3) is 0 Å². The van der Waals surface area contributed by atoms with E-state index in [1.54, 1.807) is 0 Å². The number of benzene rings is 1. The summed E-state index contributed by atoms with van der Waals surface area (Å²) in [4.78, 5) is 15.3. The van der Waals surface area contributed by atoms with Crippen LogP contribution >= 0.6 is 0 Å². The highest BCUT2D eigenvalue weighted by molar-refractivity contribution is 5.84. The summed E-state index contributed by atoms with van der Waals surface area (Å²) < 4.78 is 0. The number of carbonyl (C=O) groups excluding carboxylic acids is 1. The number of hydrogen-bond acceptors (Lipinski definition) is 1. The van der Waals surface area contributed by atoms with Gasteiger partial charge < -0.3 is 10.3 Å². The lowest BCUT2D eigenvalue weighted by atomic mass is 9.88. The van der Waals surface area contributed by atoms with E-state index in [0.29, 0.717) is 6.42 Å². The molecule has 1 aromatic heterocycles. The fourth-order valence-electron chi connectivity index (χ4n) is 2.12. The Morgan fingerprint density at radius 1 is 1.30 bits per heavy atom. The van der Waals surface area contributed by atoms with Crippen molar-refractivity contribution in [3.8, 4) is 0 Å². The van der Waals surface area contributed by atoms with Gasteiger partial charge in [0.05, 0.1) is 0 Å². The van der Waals surface area contributed by atoms with Crippen LogP contribution in [0.4, 0.5) is 0 Å². The van der Waals surface area contributed by atoms with Crippen LogP contribution in [0.25, 0.3) is 10.9 Å². The molecule has 2 aromatic rings. The van der Waals surface area contributed by atoms with Crippen molar-refractivity contribution in [1.29, 1.82) is 0 Å². The minimum absolute atomic E-state index is 0.0937. The molecule has 3 heteroatoms. The van der Waals surface area contributed by atoms with E-state index in [0.717, 1.165) is 11.9 Å². The number of hydrogen-bond donors (Lipinski definition) is 2. The molecule has 1 aromatic carbocycles. The maximum absolute atomic E-state index is 12.0. The van der Waals surface area contributed by atoms with Crippen LogP contribution in [0.2, 0.25) is 0 Å². The van der Waals surface area contributed by atoms with E-state index in [-0.39, 0.29) is 17.4 Å². The first kappa shape index (κ1) is 14.6. The molecule has 1 amide bonds. The second-order valence-corrected chi connectivity index (χ2v) is 6.51. The third-order valence-electron chi connectivity index (χ3n) is 3.97. The largest absolute Gasteiger partial charge is 0.361 e. The zero-order chi connectivity index (χ0) is 14.8. The van der Waals surface area contributed by atoms with E-state index >= 15 is 0 Å². The topological polar surface area (TPSA) is 44.9 Å². The van der Waals surface area contributed by atoms with E-state index in [2.05, 4.69) is 50.1 Å². The fourth-order valence-corrected chi connectivity index (χ4v) is 2.12. The van der Waals surface area contributed by atoms with Gasteiger partial charge in [-0.05, 0) is 30.4 Å². The summed E-state index contributed by atoms with van der Waals surface area (Å²) in [5.41, 5.74) is 2.43. The van der Waals surface area contributed by atoms with Crippen LogP contribution in [-0.4, -0.2) is 16.9 Å². The Morgan fingerprint density at radius 3 is 2.70 bits per heavy atom. The van der Waals surface area contributed by atoms with Crippen LogP contribution in [-0.2, 0) is 11.2 Å². The highest BCUT2D eigenvalue weighted by atomic mass is 16.1. The number of aromatic nitrogens is 1. The lowest BCUT2D eigenvalue weighted by Gasteiger charge is -2.28. The fraction of sp³-hybridized carbons (Fsp3) is 0.471. The first-order valence-electron chi connectivity index (χ1n) is 7.22. The number of fused-ring (bicyclic) bond motifs is 1. The van der Waals surface area contributed by atoms with E-state index in [9.17, 15) is 4.79 Å². The van der Waals surface area contributed by atoms with Gasteiger partial charge >= 0.3 is 0 Å². The number of H-pyrrole nitrogens is 1. The molecule has 108 valence electrons. The summed E-state index contributed by atoms with van der Waals surface area (Å²) in [5.74, 6) is 0.123. The van der Waals surface area contributed by atoms with Crippen molar-refractivity contribution in [3.63, 3.8) is 0 Å². The monoisotopic (exact) mass is 272 g/mol. The first-order valence-corrected chi connectivity index (χ1v) is 7.22. The van der Waals surface area contributed by atoms with E-state index in [1.807, 2.05) is 18.3 Å². The summed E-state index contributed by atoms with van der Waals surface area (Å²) >= 11 is 0. The molecule has 1 heterocycles.